The number of thiazole rings is 1. The molecular formula is C10H5Br2N5OS. The van der Waals surface area contributed by atoms with Gasteiger partial charge in [0, 0.05) is 20.5 Å². The maximum absolute atomic E-state index is 5.57. The van der Waals surface area contributed by atoms with Gasteiger partial charge in [-0.15, -0.1) is 11.3 Å². The summed E-state index contributed by atoms with van der Waals surface area (Å²) in [4.78, 5) is 12.6. The van der Waals surface area contributed by atoms with E-state index in [0.717, 1.165) is 8.95 Å². The molecule has 0 aliphatic heterocycles. The predicted octanol–water partition coefficient (Wildman–Crippen LogP) is 3.36. The van der Waals surface area contributed by atoms with Crippen LogP contribution in [-0.4, -0.2) is 20.1 Å². The predicted molar refractivity (Wildman–Crippen MR) is 78.4 cm³/mol. The Hall–Kier alpha value is -1.32. The van der Waals surface area contributed by atoms with Gasteiger partial charge in [0.2, 0.25) is 5.82 Å². The first-order valence-corrected chi connectivity index (χ1v) is 7.46. The van der Waals surface area contributed by atoms with Crippen molar-refractivity contribution in [3.63, 3.8) is 0 Å². The minimum Gasteiger partial charge on any atom is -0.375 e. The number of hydrogen-bond donors (Lipinski definition) is 1. The summed E-state index contributed by atoms with van der Waals surface area (Å²) in [6, 6.07) is 1.86. The molecule has 0 aromatic carbocycles. The number of pyridine rings is 1. The number of nitrogens with two attached hydrogens (primary N) is 1. The SMILES string of the molecule is Nc1nc(-c2nc(-c3ncc(Br)cc3Br)no2)cs1. The first kappa shape index (κ1) is 12.7. The summed E-state index contributed by atoms with van der Waals surface area (Å²) < 4.78 is 6.79. The Morgan fingerprint density at radius 2 is 2.11 bits per heavy atom. The smallest absolute Gasteiger partial charge is 0.277 e. The summed E-state index contributed by atoms with van der Waals surface area (Å²) in [7, 11) is 0. The van der Waals surface area contributed by atoms with Crippen molar-refractivity contribution in [1.82, 2.24) is 20.1 Å². The summed E-state index contributed by atoms with van der Waals surface area (Å²) in [5.74, 6) is 0.709. The molecule has 0 aliphatic rings. The Kier molecular flexibility index (Phi) is 3.33. The van der Waals surface area contributed by atoms with Gasteiger partial charge in [-0.05, 0) is 37.9 Å². The van der Waals surface area contributed by atoms with E-state index >= 15 is 0 Å². The van der Waals surface area contributed by atoms with E-state index in [-0.39, 0.29) is 0 Å². The number of rotatable bonds is 2. The molecule has 96 valence electrons. The second-order valence-electron chi connectivity index (χ2n) is 3.48. The Labute approximate surface area is 128 Å². The monoisotopic (exact) mass is 401 g/mol. The second kappa shape index (κ2) is 4.99. The molecule has 2 N–H and O–H groups in total. The van der Waals surface area contributed by atoms with Crippen molar-refractivity contribution < 1.29 is 4.52 Å². The van der Waals surface area contributed by atoms with E-state index in [1.807, 2.05) is 6.07 Å². The van der Waals surface area contributed by atoms with Gasteiger partial charge in [-0.3, -0.25) is 4.98 Å². The number of nitrogens with zero attached hydrogens (tertiary/aromatic N) is 4. The van der Waals surface area contributed by atoms with Gasteiger partial charge in [0.05, 0.1) is 0 Å². The van der Waals surface area contributed by atoms with Crippen LogP contribution in [0, 0.1) is 0 Å². The molecule has 0 saturated carbocycles. The largest absolute Gasteiger partial charge is 0.375 e. The van der Waals surface area contributed by atoms with Crippen LogP contribution < -0.4 is 5.73 Å². The minimum absolute atomic E-state index is 0.319. The van der Waals surface area contributed by atoms with E-state index in [4.69, 9.17) is 10.3 Å². The Morgan fingerprint density at radius 1 is 1.26 bits per heavy atom. The Bertz CT molecular complexity index is 741. The number of hydrogen-bond acceptors (Lipinski definition) is 7. The van der Waals surface area contributed by atoms with Crippen LogP contribution in [0.5, 0.6) is 0 Å². The van der Waals surface area contributed by atoms with E-state index < -0.39 is 0 Å². The molecule has 0 spiro atoms. The van der Waals surface area contributed by atoms with Crippen molar-refractivity contribution in [3.05, 3.63) is 26.6 Å². The van der Waals surface area contributed by atoms with Gasteiger partial charge in [0.25, 0.3) is 5.89 Å². The van der Waals surface area contributed by atoms with E-state index in [1.165, 1.54) is 11.3 Å². The molecule has 3 aromatic heterocycles. The van der Waals surface area contributed by atoms with Crippen LogP contribution in [-0.2, 0) is 0 Å². The van der Waals surface area contributed by atoms with Crippen molar-refractivity contribution >= 4 is 48.3 Å². The van der Waals surface area contributed by atoms with Gasteiger partial charge < -0.3 is 10.3 Å². The van der Waals surface area contributed by atoms with Crippen LogP contribution in [0.4, 0.5) is 5.13 Å². The van der Waals surface area contributed by atoms with Gasteiger partial charge in [0.15, 0.2) is 5.13 Å². The Balaban J connectivity index is 2.01. The van der Waals surface area contributed by atoms with Gasteiger partial charge in [0.1, 0.15) is 11.4 Å². The highest BCUT2D eigenvalue weighted by Gasteiger charge is 2.16. The molecule has 0 radical (unpaired) electrons. The number of halogens is 2. The summed E-state index contributed by atoms with van der Waals surface area (Å²) >= 11 is 8.06. The zero-order valence-corrected chi connectivity index (χ0v) is 13.2. The molecule has 0 aliphatic carbocycles. The molecule has 0 bridgehead atoms. The molecule has 0 fully saturated rings. The average Bonchev–Trinajstić information content (AvgIpc) is 2.97. The summed E-state index contributed by atoms with van der Waals surface area (Å²) in [6.07, 6.45) is 1.66. The zero-order chi connectivity index (χ0) is 13.4. The molecule has 6 nitrogen and oxygen atoms in total. The van der Waals surface area contributed by atoms with Crippen molar-refractivity contribution in [3.8, 4) is 23.1 Å². The van der Waals surface area contributed by atoms with E-state index in [1.54, 1.807) is 11.6 Å². The molecule has 3 rings (SSSR count). The van der Waals surface area contributed by atoms with Crippen molar-refractivity contribution in [2.24, 2.45) is 0 Å². The quantitative estimate of drug-likeness (QED) is 0.706. The lowest BCUT2D eigenvalue weighted by Gasteiger charge is -1.97. The number of aromatic nitrogens is 4. The van der Waals surface area contributed by atoms with Gasteiger partial charge in [-0.25, -0.2) is 4.98 Å². The maximum atomic E-state index is 5.57. The average molecular weight is 403 g/mol. The molecule has 0 unspecified atom stereocenters. The molecule has 0 atom stereocenters. The topological polar surface area (TPSA) is 90.7 Å². The van der Waals surface area contributed by atoms with Crippen molar-refractivity contribution in [2.75, 3.05) is 5.73 Å². The van der Waals surface area contributed by atoms with Crippen LogP contribution in [0.3, 0.4) is 0 Å². The van der Waals surface area contributed by atoms with Crippen LogP contribution in [0.1, 0.15) is 0 Å². The zero-order valence-electron chi connectivity index (χ0n) is 9.17. The van der Waals surface area contributed by atoms with Crippen LogP contribution in [0.25, 0.3) is 23.1 Å². The molecule has 3 aromatic rings. The van der Waals surface area contributed by atoms with E-state index in [0.29, 0.717) is 28.2 Å². The normalized spacial score (nSPS) is 10.8. The fraction of sp³-hybridized carbons (Fsp3) is 0. The summed E-state index contributed by atoms with van der Waals surface area (Å²) in [5, 5.41) is 6.11. The fourth-order valence-electron chi connectivity index (χ4n) is 1.39. The molecule has 3 heterocycles. The standard InChI is InChI=1S/C10H5Br2N5OS/c11-4-1-5(12)7(14-2-4)8-16-9(18-17-8)6-3-19-10(13)15-6/h1-3H,(H2,13,15). The highest BCUT2D eigenvalue weighted by atomic mass is 79.9. The van der Waals surface area contributed by atoms with E-state index in [9.17, 15) is 0 Å². The third-order valence-electron chi connectivity index (χ3n) is 2.19. The van der Waals surface area contributed by atoms with E-state index in [2.05, 4.69) is 52.0 Å². The van der Waals surface area contributed by atoms with Crippen molar-refractivity contribution in [1.29, 1.82) is 0 Å². The number of anilines is 1. The minimum atomic E-state index is 0.319. The third kappa shape index (κ3) is 2.53. The number of nitrogen functional groups attached to an aromatic ring is 1. The first-order valence-electron chi connectivity index (χ1n) is 5.00. The van der Waals surface area contributed by atoms with Gasteiger partial charge in [-0.2, -0.15) is 4.98 Å². The highest BCUT2D eigenvalue weighted by molar-refractivity contribution is 9.11. The molecule has 9 heteroatoms. The lowest BCUT2D eigenvalue weighted by Crippen LogP contribution is -1.88. The molecule has 19 heavy (non-hydrogen) atoms. The Morgan fingerprint density at radius 3 is 2.79 bits per heavy atom. The third-order valence-corrected chi connectivity index (χ3v) is 3.90. The van der Waals surface area contributed by atoms with Gasteiger partial charge in [-0.1, -0.05) is 5.16 Å². The highest BCUT2D eigenvalue weighted by Crippen LogP contribution is 2.28. The van der Waals surface area contributed by atoms with Crippen LogP contribution in [0.2, 0.25) is 0 Å². The lowest BCUT2D eigenvalue weighted by molar-refractivity contribution is 0.431. The van der Waals surface area contributed by atoms with Gasteiger partial charge >= 0.3 is 0 Å². The molecule has 0 amide bonds. The summed E-state index contributed by atoms with van der Waals surface area (Å²) in [6.45, 7) is 0. The van der Waals surface area contributed by atoms with Crippen LogP contribution in [0.15, 0.2) is 31.1 Å². The molecule has 0 saturated heterocycles. The second-order valence-corrected chi connectivity index (χ2v) is 6.14. The van der Waals surface area contributed by atoms with Crippen molar-refractivity contribution in [2.45, 2.75) is 0 Å². The lowest BCUT2D eigenvalue weighted by atomic mass is 10.3. The van der Waals surface area contributed by atoms with Crippen LogP contribution >= 0.6 is 43.2 Å². The summed E-state index contributed by atoms with van der Waals surface area (Å²) in [5.41, 5.74) is 6.73. The molecular weight excluding hydrogens is 398 g/mol. The fourth-order valence-corrected chi connectivity index (χ4v) is 3.09. The maximum Gasteiger partial charge on any atom is 0.277 e. The first-order chi connectivity index (χ1) is 9.13.